The first kappa shape index (κ1) is 18.0. The standard InChI is InChI=1S/C19H26N4OS/c1-4-16-10-5-6-11-23(16)17(24)13-25-19-21-20-18(22(19)3)15-9-7-8-14(2)12-15/h7-9,12,16H,4-6,10-11,13H2,1-3H3/t16-/m0/s1. The molecule has 0 aliphatic carbocycles. The van der Waals surface area contributed by atoms with Crippen molar-refractivity contribution < 1.29 is 4.79 Å². The fourth-order valence-corrected chi connectivity index (χ4v) is 4.24. The minimum atomic E-state index is 0.219. The minimum absolute atomic E-state index is 0.219. The molecule has 0 saturated carbocycles. The Morgan fingerprint density at radius 3 is 2.92 bits per heavy atom. The SMILES string of the molecule is CC[C@H]1CCCCN1C(=O)CSc1nnc(-c2cccc(C)c2)n1C. The van der Waals surface area contributed by atoms with Crippen LogP contribution in [0.4, 0.5) is 0 Å². The lowest BCUT2D eigenvalue weighted by atomic mass is 10.0. The van der Waals surface area contributed by atoms with E-state index in [9.17, 15) is 4.79 Å². The summed E-state index contributed by atoms with van der Waals surface area (Å²) in [6, 6.07) is 8.64. The molecule has 3 rings (SSSR count). The molecule has 2 aromatic rings. The van der Waals surface area contributed by atoms with Gasteiger partial charge in [0, 0.05) is 25.2 Å². The summed E-state index contributed by atoms with van der Waals surface area (Å²) in [7, 11) is 1.96. The van der Waals surface area contributed by atoms with Gasteiger partial charge in [-0.1, -0.05) is 42.4 Å². The minimum Gasteiger partial charge on any atom is -0.339 e. The molecular weight excluding hydrogens is 332 g/mol. The quantitative estimate of drug-likeness (QED) is 0.765. The van der Waals surface area contributed by atoms with Crippen molar-refractivity contribution in [3.05, 3.63) is 29.8 Å². The molecule has 6 heteroatoms. The summed E-state index contributed by atoms with van der Waals surface area (Å²) in [5.41, 5.74) is 2.25. The molecule has 25 heavy (non-hydrogen) atoms. The van der Waals surface area contributed by atoms with Gasteiger partial charge < -0.3 is 9.47 Å². The van der Waals surface area contributed by atoms with Crippen molar-refractivity contribution in [2.75, 3.05) is 12.3 Å². The smallest absolute Gasteiger partial charge is 0.233 e. The van der Waals surface area contributed by atoms with E-state index < -0.39 is 0 Å². The third-order valence-electron chi connectivity index (χ3n) is 4.85. The molecule has 5 nitrogen and oxygen atoms in total. The number of hydrogen-bond acceptors (Lipinski definition) is 4. The average Bonchev–Trinajstić information content (AvgIpc) is 3.00. The van der Waals surface area contributed by atoms with E-state index in [1.54, 1.807) is 0 Å². The fraction of sp³-hybridized carbons (Fsp3) is 0.526. The van der Waals surface area contributed by atoms with E-state index in [0.29, 0.717) is 11.8 Å². The second-order valence-electron chi connectivity index (χ2n) is 6.67. The van der Waals surface area contributed by atoms with Crippen molar-refractivity contribution in [1.82, 2.24) is 19.7 Å². The molecule has 1 aliphatic heterocycles. The second-order valence-corrected chi connectivity index (χ2v) is 7.61. The number of likely N-dealkylation sites (tertiary alicyclic amines) is 1. The van der Waals surface area contributed by atoms with Crippen LogP contribution in [0.5, 0.6) is 0 Å². The van der Waals surface area contributed by atoms with Gasteiger partial charge in [0.25, 0.3) is 0 Å². The number of thioether (sulfide) groups is 1. The molecule has 0 spiro atoms. The van der Waals surface area contributed by atoms with Gasteiger partial charge >= 0.3 is 0 Å². The van der Waals surface area contributed by atoms with Crippen molar-refractivity contribution in [1.29, 1.82) is 0 Å². The largest absolute Gasteiger partial charge is 0.339 e. The molecule has 1 saturated heterocycles. The third-order valence-corrected chi connectivity index (χ3v) is 5.86. The second kappa shape index (κ2) is 8.04. The zero-order chi connectivity index (χ0) is 17.8. The van der Waals surface area contributed by atoms with Gasteiger partial charge in [-0.2, -0.15) is 0 Å². The average molecular weight is 359 g/mol. The molecule has 1 atom stereocenters. The Morgan fingerprint density at radius 2 is 2.16 bits per heavy atom. The van der Waals surface area contributed by atoms with Crippen LogP contribution in [0.3, 0.4) is 0 Å². The van der Waals surface area contributed by atoms with E-state index in [1.807, 2.05) is 23.7 Å². The molecular formula is C19H26N4OS. The molecule has 0 radical (unpaired) electrons. The summed E-state index contributed by atoms with van der Waals surface area (Å²) in [5.74, 6) is 1.48. The van der Waals surface area contributed by atoms with Gasteiger partial charge in [-0.25, -0.2) is 0 Å². The summed E-state index contributed by atoms with van der Waals surface area (Å²) in [6.45, 7) is 5.13. The zero-order valence-electron chi connectivity index (χ0n) is 15.2. The third kappa shape index (κ3) is 4.06. The van der Waals surface area contributed by atoms with E-state index in [4.69, 9.17) is 0 Å². The molecule has 1 fully saturated rings. The van der Waals surface area contributed by atoms with Crippen LogP contribution >= 0.6 is 11.8 Å². The van der Waals surface area contributed by atoms with Crippen LogP contribution in [0, 0.1) is 6.92 Å². The highest BCUT2D eigenvalue weighted by atomic mass is 32.2. The predicted molar refractivity (Wildman–Crippen MR) is 102 cm³/mol. The van der Waals surface area contributed by atoms with Crippen LogP contribution in [-0.4, -0.2) is 43.9 Å². The highest BCUT2D eigenvalue weighted by molar-refractivity contribution is 7.99. The molecule has 134 valence electrons. The molecule has 1 aromatic heterocycles. The molecule has 1 amide bonds. The topological polar surface area (TPSA) is 51.0 Å². The van der Waals surface area contributed by atoms with Crippen LogP contribution in [0.25, 0.3) is 11.4 Å². The number of aryl methyl sites for hydroxylation is 1. The first-order valence-corrected chi connectivity index (χ1v) is 9.97. The van der Waals surface area contributed by atoms with E-state index >= 15 is 0 Å². The van der Waals surface area contributed by atoms with Gasteiger partial charge in [0.1, 0.15) is 0 Å². The van der Waals surface area contributed by atoms with Crippen molar-refractivity contribution >= 4 is 17.7 Å². The van der Waals surface area contributed by atoms with Gasteiger partial charge in [-0.15, -0.1) is 10.2 Å². The van der Waals surface area contributed by atoms with Crippen LogP contribution in [0.15, 0.2) is 29.4 Å². The van der Waals surface area contributed by atoms with Crippen LogP contribution in [-0.2, 0) is 11.8 Å². The van der Waals surface area contributed by atoms with Crippen molar-refractivity contribution in [3.63, 3.8) is 0 Å². The summed E-state index contributed by atoms with van der Waals surface area (Å²) >= 11 is 1.48. The van der Waals surface area contributed by atoms with Gasteiger partial charge in [0.15, 0.2) is 11.0 Å². The van der Waals surface area contributed by atoms with Gasteiger partial charge in [-0.05, 0) is 38.7 Å². The number of carbonyl (C=O) groups excluding carboxylic acids is 1. The number of amides is 1. The number of hydrogen-bond donors (Lipinski definition) is 0. The molecule has 0 unspecified atom stereocenters. The van der Waals surface area contributed by atoms with Crippen LogP contribution in [0.2, 0.25) is 0 Å². The van der Waals surface area contributed by atoms with Crippen LogP contribution < -0.4 is 0 Å². The highest BCUT2D eigenvalue weighted by Crippen LogP contribution is 2.25. The lowest BCUT2D eigenvalue weighted by molar-refractivity contribution is -0.132. The lowest BCUT2D eigenvalue weighted by Gasteiger charge is -2.35. The number of carbonyl (C=O) groups is 1. The molecule has 2 heterocycles. The van der Waals surface area contributed by atoms with Crippen molar-refractivity contribution in [2.45, 2.75) is 50.7 Å². The first-order valence-electron chi connectivity index (χ1n) is 8.99. The van der Waals surface area contributed by atoms with Gasteiger partial charge in [-0.3, -0.25) is 4.79 Å². The predicted octanol–water partition coefficient (Wildman–Crippen LogP) is 3.67. The monoisotopic (exact) mass is 358 g/mol. The summed E-state index contributed by atoms with van der Waals surface area (Å²) in [6.07, 6.45) is 4.53. The first-order chi connectivity index (χ1) is 12.1. The van der Waals surface area contributed by atoms with Gasteiger partial charge in [0.05, 0.1) is 5.75 Å². The molecule has 0 bridgehead atoms. The van der Waals surface area contributed by atoms with E-state index in [0.717, 1.165) is 42.4 Å². The maximum Gasteiger partial charge on any atom is 0.233 e. The number of aromatic nitrogens is 3. The van der Waals surface area contributed by atoms with Crippen molar-refractivity contribution in [3.8, 4) is 11.4 Å². The number of piperidine rings is 1. The van der Waals surface area contributed by atoms with E-state index in [1.165, 1.54) is 23.7 Å². The maximum atomic E-state index is 12.6. The van der Waals surface area contributed by atoms with Crippen LogP contribution in [0.1, 0.15) is 38.2 Å². The van der Waals surface area contributed by atoms with Gasteiger partial charge in [0.2, 0.25) is 5.91 Å². The van der Waals surface area contributed by atoms with E-state index in [-0.39, 0.29) is 5.91 Å². The number of nitrogens with zero attached hydrogens (tertiary/aromatic N) is 4. The Kier molecular flexibility index (Phi) is 5.78. The molecule has 0 N–H and O–H groups in total. The Hall–Kier alpha value is -1.82. The Morgan fingerprint density at radius 1 is 1.32 bits per heavy atom. The Labute approximate surface area is 153 Å². The normalized spacial score (nSPS) is 17.7. The Bertz CT molecular complexity index is 743. The molecule has 1 aliphatic rings. The lowest BCUT2D eigenvalue weighted by Crippen LogP contribution is -2.44. The van der Waals surface area contributed by atoms with E-state index in [2.05, 4.69) is 41.1 Å². The summed E-state index contributed by atoms with van der Waals surface area (Å²) in [4.78, 5) is 14.7. The Balaban J connectivity index is 1.67. The fourth-order valence-electron chi connectivity index (χ4n) is 3.44. The maximum absolute atomic E-state index is 12.6. The zero-order valence-corrected chi connectivity index (χ0v) is 16.1. The number of rotatable bonds is 5. The highest BCUT2D eigenvalue weighted by Gasteiger charge is 2.25. The van der Waals surface area contributed by atoms with Crippen molar-refractivity contribution in [2.24, 2.45) is 7.05 Å². The summed E-state index contributed by atoms with van der Waals surface area (Å²) < 4.78 is 1.97. The summed E-state index contributed by atoms with van der Waals surface area (Å²) in [5, 5.41) is 9.39. The molecule has 1 aromatic carbocycles. The number of benzene rings is 1.